The molecule has 2 saturated carbocycles. The van der Waals surface area contributed by atoms with E-state index < -0.39 is 0 Å². The third-order valence-electron chi connectivity index (χ3n) is 3.21. The zero-order chi connectivity index (χ0) is 12.8. The molecule has 5 heteroatoms. The van der Waals surface area contributed by atoms with Crippen LogP contribution in [0.5, 0.6) is 0 Å². The molecular formula is C13H24N4O. The molecule has 0 spiro atoms. The Hall–Kier alpha value is -1.26. The minimum atomic E-state index is 0.205. The van der Waals surface area contributed by atoms with Crippen LogP contribution < -0.4 is 16.0 Å². The second-order valence-electron chi connectivity index (χ2n) is 5.16. The number of hydrogen-bond donors (Lipinski definition) is 3. The predicted octanol–water partition coefficient (Wildman–Crippen LogP) is 0.478. The summed E-state index contributed by atoms with van der Waals surface area (Å²) in [5.41, 5.74) is 0. The highest BCUT2D eigenvalue weighted by Gasteiger charge is 2.28. The molecule has 0 bridgehead atoms. The smallest absolute Gasteiger partial charge is 0.223 e. The van der Waals surface area contributed by atoms with Gasteiger partial charge in [-0.15, -0.1) is 0 Å². The van der Waals surface area contributed by atoms with Crippen molar-refractivity contribution >= 4 is 11.9 Å². The maximum absolute atomic E-state index is 11.4. The Bertz CT molecular complexity index is 308. The molecule has 5 nitrogen and oxygen atoms in total. The van der Waals surface area contributed by atoms with E-state index in [1.165, 1.54) is 12.8 Å². The van der Waals surface area contributed by atoms with Crippen molar-refractivity contribution in [3.63, 3.8) is 0 Å². The Morgan fingerprint density at radius 2 is 1.83 bits per heavy atom. The number of hydrogen-bond acceptors (Lipinski definition) is 2. The van der Waals surface area contributed by atoms with Crippen LogP contribution in [0.1, 0.15) is 32.6 Å². The van der Waals surface area contributed by atoms with Gasteiger partial charge in [0, 0.05) is 32.1 Å². The highest BCUT2D eigenvalue weighted by Crippen LogP contribution is 2.29. The van der Waals surface area contributed by atoms with E-state index in [2.05, 4.69) is 27.9 Å². The topological polar surface area (TPSA) is 65.5 Å². The number of rotatable bonds is 7. The lowest BCUT2D eigenvalue weighted by atomic mass is 10.4. The van der Waals surface area contributed by atoms with Crippen molar-refractivity contribution in [3.8, 4) is 0 Å². The van der Waals surface area contributed by atoms with Gasteiger partial charge in [0.25, 0.3) is 0 Å². The van der Waals surface area contributed by atoms with Gasteiger partial charge in [0.2, 0.25) is 5.91 Å². The van der Waals surface area contributed by atoms with Crippen LogP contribution in [-0.2, 0) is 4.79 Å². The first-order valence-corrected chi connectivity index (χ1v) is 7.09. The lowest BCUT2D eigenvalue weighted by Crippen LogP contribution is -2.41. The average Bonchev–Trinajstić information content (AvgIpc) is 3.23. The SMILES string of the molecule is CCNC(=NCC1CC1)NCCNC(=O)C1CC1. The summed E-state index contributed by atoms with van der Waals surface area (Å²) >= 11 is 0. The Kier molecular flexibility index (Phi) is 4.84. The van der Waals surface area contributed by atoms with Crippen LogP contribution in [0.2, 0.25) is 0 Å². The molecule has 2 fully saturated rings. The summed E-state index contributed by atoms with van der Waals surface area (Å²) in [7, 11) is 0. The number of carbonyl (C=O) groups excluding carboxylic acids is 1. The highest BCUT2D eigenvalue weighted by molar-refractivity contribution is 5.81. The molecular weight excluding hydrogens is 228 g/mol. The number of aliphatic imine (C=N–C) groups is 1. The fraction of sp³-hybridized carbons (Fsp3) is 0.846. The maximum Gasteiger partial charge on any atom is 0.223 e. The van der Waals surface area contributed by atoms with Crippen LogP contribution in [0.4, 0.5) is 0 Å². The van der Waals surface area contributed by atoms with Gasteiger partial charge >= 0.3 is 0 Å². The van der Waals surface area contributed by atoms with Crippen molar-refractivity contribution in [2.24, 2.45) is 16.8 Å². The lowest BCUT2D eigenvalue weighted by molar-refractivity contribution is -0.122. The molecule has 102 valence electrons. The first-order chi connectivity index (χ1) is 8.79. The normalized spacial score (nSPS) is 19.5. The largest absolute Gasteiger partial charge is 0.357 e. The summed E-state index contributed by atoms with van der Waals surface area (Å²) in [6.45, 7) is 5.25. The van der Waals surface area contributed by atoms with Crippen molar-refractivity contribution in [2.75, 3.05) is 26.2 Å². The molecule has 0 aromatic carbocycles. The first kappa shape index (κ1) is 13.2. The van der Waals surface area contributed by atoms with Gasteiger partial charge < -0.3 is 16.0 Å². The third kappa shape index (κ3) is 4.94. The highest BCUT2D eigenvalue weighted by atomic mass is 16.2. The summed E-state index contributed by atoms with van der Waals surface area (Å²) in [4.78, 5) is 15.9. The molecule has 3 N–H and O–H groups in total. The van der Waals surface area contributed by atoms with E-state index in [4.69, 9.17) is 0 Å². The first-order valence-electron chi connectivity index (χ1n) is 7.09. The number of carbonyl (C=O) groups is 1. The lowest BCUT2D eigenvalue weighted by Gasteiger charge is -2.11. The fourth-order valence-corrected chi connectivity index (χ4v) is 1.72. The summed E-state index contributed by atoms with van der Waals surface area (Å²) in [6, 6.07) is 0. The minimum absolute atomic E-state index is 0.205. The van der Waals surface area contributed by atoms with Crippen molar-refractivity contribution in [1.29, 1.82) is 0 Å². The van der Waals surface area contributed by atoms with E-state index in [1.54, 1.807) is 0 Å². The van der Waals surface area contributed by atoms with Gasteiger partial charge in [0.05, 0.1) is 0 Å². The van der Waals surface area contributed by atoms with E-state index >= 15 is 0 Å². The number of amides is 1. The van der Waals surface area contributed by atoms with Gasteiger partial charge in [-0.1, -0.05) is 0 Å². The average molecular weight is 252 g/mol. The second kappa shape index (κ2) is 6.61. The molecule has 1 amide bonds. The zero-order valence-corrected chi connectivity index (χ0v) is 11.2. The summed E-state index contributed by atoms with van der Waals surface area (Å²) in [5.74, 6) is 2.17. The summed E-state index contributed by atoms with van der Waals surface area (Å²) in [5, 5.41) is 9.39. The molecule has 2 rings (SSSR count). The van der Waals surface area contributed by atoms with E-state index in [9.17, 15) is 4.79 Å². The second-order valence-corrected chi connectivity index (χ2v) is 5.16. The van der Waals surface area contributed by atoms with Gasteiger partial charge in [0.1, 0.15) is 0 Å². The van der Waals surface area contributed by atoms with Gasteiger partial charge in [0.15, 0.2) is 5.96 Å². The van der Waals surface area contributed by atoms with Gasteiger partial charge in [-0.3, -0.25) is 9.79 Å². The number of nitrogens with one attached hydrogen (secondary N) is 3. The number of guanidine groups is 1. The van der Waals surface area contributed by atoms with Crippen molar-refractivity contribution < 1.29 is 4.79 Å². The van der Waals surface area contributed by atoms with Crippen LogP contribution in [0, 0.1) is 11.8 Å². The molecule has 0 aromatic rings. The van der Waals surface area contributed by atoms with Crippen LogP contribution in [0.25, 0.3) is 0 Å². The minimum Gasteiger partial charge on any atom is -0.357 e. The molecule has 0 aromatic heterocycles. The quantitative estimate of drug-likeness (QED) is 0.351. The molecule has 0 radical (unpaired) electrons. The van der Waals surface area contributed by atoms with Crippen LogP contribution >= 0.6 is 0 Å². The van der Waals surface area contributed by atoms with Gasteiger partial charge in [-0.2, -0.15) is 0 Å². The fourth-order valence-electron chi connectivity index (χ4n) is 1.72. The van der Waals surface area contributed by atoms with Crippen LogP contribution in [0.15, 0.2) is 4.99 Å². The molecule has 0 unspecified atom stereocenters. The van der Waals surface area contributed by atoms with Gasteiger partial charge in [-0.05, 0) is 38.5 Å². The Morgan fingerprint density at radius 3 is 2.44 bits per heavy atom. The monoisotopic (exact) mass is 252 g/mol. The van der Waals surface area contributed by atoms with Crippen molar-refractivity contribution in [3.05, 3.63) is 0 Å². The number of nitrogens with zero attached hydrogens (tertiary/aromatic N) is 1. The Labute approximate surface area is 109 Å². The standard InChI is InChI=1S/C13H24N4O/c1-2-14-13(17-9-10-3-4-10)16-8-7-15-12(18)11-5-6-11/h10-11H,2-9H2,1H3,(H,15,18)(H2,14,16,17). The molecule has 18 heavy (non-hydrogen) atoms. The molecule has 0 atom stereocenters. The summed E-state index contributed by atoms with van der Waals surface area (Å²) < 4.78 is 0. The van der Waals surface area contributed by atoms with E-state index in [1.807, 2.05) is 0 Å². The zero-order valence-electron chi connectivity index (χ0n) is 11.2. The third-order valence-corrected chi connectivity index (χ3v) is 3.21. The molecule has 0 saturated heterocycles. The summed E-state index contributed by atoms with van der Waals surface area (Å²) in [6.07, 6.45) is 4.76. The molecule has 2 aliphatic carbocycles. The molecule has 0 aliphatic heterocycles. The van der Waals surface area contributed by atoms with Gasteiger partial charge in [-0.25, -0.2) is 0 Å². The van der Waals surface area contributed by atoms with E-state index in [0.717, 1.165) is 44.4 Å². The Balaban J connectivity index is 1.58. The maximum atomic E-state index is 11.4. The molecule has 2 aliphatic rings. The Morgan fingerprint density at radius 1 is 1.11 bits per heavy atom. The van der Waals surface area contributed by atoms with Crippen molar-refractivity contribution in [2.45, 2.75) is 32.6 Å². The van der Waals surface area contributed by atoms with E-state index in [0.29, 0.717) is 12.5 Å². The van der Waals surface area contributed by atoms with Crippen LogP contribution in [0.3, 0.4) is 0 Å². The van der Waals surface area contributed by atoms with Crippen molar-refractivity contribution in [1.82, 2.24) is 16.0 Å². The van der Waals surface area contributed by atoms with E-state index in [-0.39, 0.29) is 5.91 Å². The van der Waals surface area contributed by atoms with Crippen LogP contribution in [-0.4, -0.2) is 38.0 Å². The molecule has 0 heterocycles. The predicted molar refractivity (Wildman–Crippen MR) is 72.4 cm³/mol.